The molecule has 0 bridgehead atoms. The normalized spacial score (nSPS) is 10.7. The Bertz CT molecular complexity index is 536. The Hall–Kier alpha value is -1.88. The van der Waals surface area contributed by atoms with E-state index >= 15 is 0 Å². The van der Waals surface area contributed by atoms with E-state index in [9.17, 15) is 0 Å². The highest BCUT2D eigenvalue weighted by Gasteiger charge is 2.10. The van der Waals surface area contributed by atoms with Gasteiger partial charge in [0.05, 0.1) is 13.1 Å². The zero-order valence-electron chi connectivity index (χ0n) is 11.0. The molecule has 0 amide bonds. The van der Waals surface area contributed by atoms with E-state index in [0.29, 0.717) is 18.3 Å². The fraction of sp³-hybridized carbons (Fsp3) is 0.385. The van der Waals surface area contributed by atoms with E-state index in [-0.39, 0.29) is 6.54 Å². The lowest BCUT2D eigenvalue weighted by Gasteiger charge is -2.20. The second-order valence-corrected chi connectivity index (χ2v) is 4.38. The van der Waals surface area contributed by atoms with Crippen molar-refractivity contribution in [2.24, 2.45) is 5.73 Å². The minimum absolute atomic E-state index is 0.278. The van der Waals surface area contributed by atoms with E-state index in [0.717, 1.165) is 0 Å². The molecule has 1 aromatic carbocycles. The predicted molar refractivity (Wildman–Crippen MR) is 70.2 cm³/mol. The van der Waals surface area contributed by atoms with E-state index in [1.807, 2.05) is 7.05 Å². The number of rotatable bonds is 4. The van der Waals surface area contributed by atoms with Crippen molar-refractivity contribution in [3.8, 4) is 0 Å². The summed E-state index contributed by atoms with van der Waals surface area (Å²) in [5, 5.41) is 3.90. The molecule has 0 unspecified atom stereocenters. The van der Waals surface area contributed by atoms with Gasteiger partial charge in [0.2, 0.25) is 5.89 Å². The van der Waals surface area contributed by atoms with Crippen molar-refractivity contribution < 1.29 is 4.52 Å². The van der Waals surface area contributed by atoms with E-state index < -0.39 is 0 Å². The van der Waals surface area contributed by atoms with Crippen molar-refractivity contribution in [2.75, 3.05) is 11.9 Å². The van der Waals surface area contributed by atoms with Gasteiger partial charge in [0.15, 0.2) is 5.82 Å². The second-order valence-electron chi connectivity index (χ2n) is 4.38. The van der Waals surface area contributed by atoms with E-state index in [4.69, 9.17) is 10.3 Å². The van der Waals surface area contributed by atoms with E-state index in [1.165, 1.54) is 16.8 Å². The van der Waals surface area contributed by atoms with Crippen LogP contribution in [0.5, 0.6) is 0 Å². The lowest BCUT2D eigenvalue weighted by molar-refractivity contribution is 0.374. The second kappa shape index (κ2) is 5.18. The standard InChI is InChI=1S/C13H18N4O/c1-9-5-4-6-11(10(9)2)17(3)8-12-15-13(7-14)18-16-12/h4-6H,7-8,14H2,1-3H3. The van der Waals surface area contributed by atoms with Gasteiger partial charge in [-0.05, 0) is 31.0 Å². The first-order valence-electron chi connectivity index (χ1n) is 5.90. The summed E-state index contributed by atoms with van der Waals surface area (Å²) in [6.07, 6.45) is 0. The molecule has 0 fully saturated rings. The van der Waals surface area contributed by atoms with E-state index in [1.54, 1.807) is 0 Å². The van der Waals surface area contributed by atoms with Gasteiger partial charge in [-0.1, -0.05) is 17.3 Å². The topological polar surface area (TPSA) is 68.2 Å². The Morgan fingerprint density at radius 3 is 2.78 bits per heavy atom. The van der Waals surface area contributed by atoms with Crippen molar-refractivity contribution in [1.29, 1.82) is 0 Å². The first-order chi connectivity index (χ1) is 8.61. The molecule has 0 saturated heterocycles. The first kappa shape index (κ1) is 12.6. The van der Waals surface area contributed by atoms with E-state index in [2.05, 4.69) is 47.1 Å². The van der Waals surface area contributed by atoms with Crippen LogP contribution in [-0.2, 0) is 13.1 Å². The summed E-state index contributed by atoms with van der Waals surface area (Å²) in [7, 11) is 2.01. The average molecular weight is 246 g/mol. The third-order valence-corrected chi connectivity index (χ3v) is 3.05. The highest BCUT2D eigenvalue weighted by molar-refractivity contribution is 5.55. The molecule has 2 N–H and O–H groups in total. The molecule has 1 aromatic heterocycles. The minimum Gasteiger partial charge on any atom is -0.367 e. The minimum atomic E-state index is 0.278. The van der Waals surface area contributed by atoms with Crippen molar-refractivity contribution in [1.82, 2.24) is 10.1 Å². The molecule has 0 aliphatic rings. The number of anilines is 1. The molecule has 2 aromatic rings. The Balaban J connectivity index is 2.16. The number of benzene rings is 1. The molecule has 0 atom stereocenters. The van der Waals surface area contributed by atoms with Crippen LogP contribution in [-0.4, -0.2) is 17.2 Å². The van der Waals surface area contributed by atoms with Crippen LogP contribution >= 0.6 is 0 Å². The quantitative estimate of drug-likeness (QED) is 0.890. The zero-order chi connectivity index (χ0) is 13.1. The van der Waals surface area contributed by atoms with Crippen molar-refractivity contribution in [3.05, 3.63) is 41.0 Å². The van der Waals surface area contributed by atoms with Crippen LogP contribution in [0.2, 0.25) is 0 Å². The van der Waals surface area contributed by atoms with Gasteiger partial charge in [0.1, 0.15) is 0 Å². The summed E-state index contributed by atoms with van der Waals surface area (Å²) >= 11 is 0. The highest BCUT2D eigenvalue weighted by Crippen LogP contribution is 2.22. The maximum atomic E-state index is 5.44. The maximum absolute atomic E-state index is 5.44. The molecule has 1 heterocycles. The molecule has 0 aliphatic heterocycles. The number of aromatic nitrogens is 2. The van der Waals surface area contributed by atoms with Gasteiger partial charge < -0.3 is 15.2 Å². The van der Waals surface area contributed by atoms with Gasteiger partial charge in [0, 0.05) is 12.7 Å². The fourth-order valence-electron chi connectivity index (χ4n) is 1.88. The molecule has 0 saturated carbocycles. The third-order valence-electron chi connectivity index (χ3n) is 3.05. The van der Waals surface area contributed by atoms with Crippen molar-refractivity contribution in [3.63, 3.8) is 0 Å². The Morgan fingerprint density at radius 2 is 2.11 bits per heavy atom. The van der Waals surface area contributed by atoms with Crippen LogP contribution in [0.15, 0.2) is 22.7 Å². The first-order valence-corrected chi connectivity index (χ1v) is 5.90. The lowest BCUT2D eigenvalue weighted by Crippen LogP contribution is -2.18. The predicted octanol–water partition coefficient (Wildman–Crippen LogP) is 1.78. The molecular formula is C13H18N4O. The van der Waals surface area contributed by atoms with Crippen LogP contribution in [0, 0.1) is 13.8 Å². The summed E-state index contributed by atoms with van der Waals surface area (Å²) in [6.45, 7) is 5.10. The highest BCUT2D eigenvalue weighted by atomic mass is 16.5. The molecule has 0 aliphatic carbocycles. The van der Waals surface area contributed by atoms with Gasteiger partial charge in [-0.15, -0.1) is 0 Å². The average Bonchev–Trinajstić information content (AvgIpc) is 2.80. The number of hydrogen-bond acceptors (Lipinski definition) is 5. The molecule has 2 rings (SSSR count). The lowest BCUT2D eigenvalue weighted by atomic mass is 10.1. The summed E-state index contributed by atoms with van der Waals surface area (Å²) in [4.78, 5) is 6.31. The maximum Gasteiger partial charge on any atom is 0.240 e. The number of aryl methyl sites for hydroxylation is 1. The van der Waals surface area contributed by atoms with Gasteiger partial charge >= 0.3 is 0 Å². The number of nitrogens with zero attached hydrogens (tertiary/aromatic N) is 3. The van der Waals surface area contributed by atoms with Crippen molar-refractivity contribution >= 4 is 5.69 Å². The molecule has 5 heteroatoms. The summed E-state index contributed by atoms with van der Waals surface area (Å²) < 4.78 is 4.99. The molecule has 18 heavy (non-hydrogen) atoms. The Morgan fingerprint density at radius 1 is 1.33 bits per heavy atom. The summed E-state index contributed by atoms with van der Waals surface area (Å²) in [5.41, 5.74) is 9.15. The monoisotopic (exact) mass is 246 g/mol. The Kier molecular flexibility index (Phi) is 3.62. The van der Waals surface area contributed by atoms with Crippen LogP contribution < -0.4 is 10.6 Å². The van der Waals surface area contributed by atoms with Crippen LogP contribution in [0.3, 0.4) is 0 Å². The molecule has 5 nitrogen and oxygen atoms in total. The number of hydrogen-bond donors (Lipinski definition) is 1. The van der Waals surface area contributed by atoms with Gasteiger partial charge in [-0.3, -0.25) is 0 Å². The molecule has 0 spiro atoms. The molecular weight excluding hydrogens is 228 g/mol. The zero-order valence-corrected chi connectivity index (χ0v) is 11.0. The van der Waals surface area contributed by atoms with Crippen LogP contribution in [0.25, 0.3) is 0 Å². The van der Waals surface area contributed by atoms with Crippen LogP contribution in [0.4, 0.5) is 5.69 Å². The van der Waals surface area contributed by atoms with Gasteiger partial charge in [0.25, 0.3) is 0 Å². The smallest absolute Gasteiger partial charge is 0.240 e. The summed E-state index contributed by atoms with van der Waals surface area (Å²) in [5.74, 6) is 1.12. The van der Waals surface area contributed by atoms with Crippen molar-refractivity contribution in [2.45, 2.75) is 26.9 Å². The SMILES string of the molecule is Cc1cccc(N(C)Cc2noc(CN)n2)c1C. The Labute approximate surface area is 107 Å². The van der Waals surface area contributed by atoms with Gasteiger partial charge in [-0.2, -0.15) is 4.98 Å². The largest absolute Gasteiger partial charge is 0.367 e. The van der Waals surface area contributed by atoms with Crippen LogP contribution in [0.1, 0.15) is 22.8 Å². The number of nitrogens with two attached hydrogens (primary N) is 1. The molecule has 0 radical (unpaired) electrons. The summed E-state index contributed by atoms with van der Waals surface area (Å²) in [6, 6.07) is 6.25. The molecule has 96 valence electrons. The van der Waals surface area contributed by atoms with Gasteiger partial charge in [-0.25, -0.2) is 0 Å². The fourth-order valence-corrected chi connectivity index (χ4v) is 1.88. The third kappa shape index (κ3) is 2.51.